The van der Waals surface area contributed by atoms with E-state index in [2.05, 4.69) is 24.8 Å². The number of nitrogens with zero attached hydrogens (tertiary/aromatic N) is 7. The van der Waals surface area contributed by atoms with Gasteiger partial charge in [0, 0.05) is 6.54 Å². The second-order valence-electron chi connectivity index (χ2n) is 11.7. The van der Waals surface area contributed by atoms with Gasteiger partial charge in [-0.1, -0.05) is 12.8 Å². The molecule has 0 aromatic carbocycles. The van der Waals surface area contributed by atoms with Crippen molar-refractivity contribution in [2.45, 2.75) is 87.7 Å². The van der Waals surface area contributed by atoms with Gasteiger partial charge in [0.1, 0.15) is 17.7 Å². The molecule has 2 bridgehead atoms. The predicted molar refractivity (Wildman–Crippen MR) is 144 cm³/mol. The van der Waals surface area contributed by atoms with E-state index in [1.165, 1.54) is 4.90 Å². The maximum Gasteiger partial charge on any atom is 0.408 e. The number of amides is 1. The number of ether oxygens (including phenoxy) is 2. The molecule has 6 heterocycles. The molecule has 3 saturated heterocycles. The molecule has 4 aliphatic heterocycles. The normalized spacial score (nSPS) is 26.4. The Kier molecular flexibility index (Phi) is 6.40. The van der Waals surface area contributed by atoms with Crippen LogP contribution in [-0.4, -0.2) is 80.8 Å². The summed E-state index contributed by atoms with van der Waals surface area (Å²) in [5.74, 6) is 0.908. The summed E-state index contributed by atoms with van der Waals surface area (Å²) in [4.78, 5) is 36.9. The molecular weight excluding hydrogens is 555 g/mol. The Bertz CT molecular complexity index is 1380. The molecule has 1 amide bonds. The monoisotopic (exact) mass is 587 g/mol. The first-order valence-electron chi connectivity index (χ1n) is 14.4. The number of morpholine rings is 1. The third-order valence-corrected chi connectivity index (χ3v) is 9.31. The average molecular weight is 588 g/mol. The number of nitrogen functional groups attached to an aromatic ring is 1. The summed E-state index contributed by atoms with van der Waals surface area (Å²) in [6.45, 7) is 0.967. The SMILES string of the molecule is N=C(OCc1nc(N)c2c(n1)N(c1cnc(N3C4CCC3COC4)nc1)C(=O)C21CCCC1)N1CCC[C@@H]1C(F)(F)F. The van der Waals surface area contributed by atoms with Crippen molar-refractivity contribution >= 4 is 35.2 Å². The Labute approximate surface area is 239 Å². The summed E-state index contributed by atoms with van der Waals surface area (Å²) in [7, 11) is 0. The molecule has 4 fully saturated rings. The van der Waals surface area contributed by atoms with E-state index < -0.39 is 23.7 Å². The first-order chi connectivity index (χ1) is 20.2. The number of anilines is 4. The molecule has 42 heavy (non-hydrogen) atoms. The third-order valence-electron chi connectivity index (χ3n) is 9.31. The highest BCUT2D eigenvalue weighted by molar-refractivity contribution is 6.13. The van der Waals surface area contributed by atoms with Crippen LogP contribution in [0.15, 0.2) is 12.4 Å². The van der Waals surface area contributed by atoms with Gasteiger partial charge in [-0.3, -0.25) is 15.1 Å². The van der Waals surface area contributed by atoms with Gasteiger partial charge in [-0.2, -0.15) is 13.2 Å². The second kappa shape index (κ2) is 9.92. The largest absolute Gasteiger partial charge is 0.457 e. The molecule has 2 aromatic rings. The average Bonchev–Trinajstić information content (AvgIpc) is 3.74. The van der Waals surface area contributed by atoms with Crippen LogP contribution in [0, 0.1) is 5.41 Å². The summed E-state index contributed by atoms with van der Waals surface area (Å²) in [6.07, 6.45) is 3.93. The van der Waals surface area contributed by atoms with Crippen LogP contribution < -0.4 is 15.5 Å². The Balaban J connectivity index is 1.17. The number of rotatable bonds is 4. The van der Waals surface area contributed by atoms with Gasteiger partial charge in [0.25, 0.3) is 6.02 Å². The Morgan fingerprint density at radius 2 is 1.79 bits per heavy atom. The second-order valence-corrected chi connectivity index (χ2v) is 11.7. The molecular formula is C27H32F3N9O3. The number of amidine groups is 1. The number of aromatic nitrogens is 4. The molecule has 2 unspecified atom stereocenters. The van der Waals surface area contributed by atoms with Gasteiger partial charge in [0.15, 0.2) is 12.4 Å². The van der Waals surface area contributed by atoms with Crippen molar-refractivity contribution in [1.29, 1.82) is 5.41 Å². The fraction of sp³-hybridized carbons (Fsp3) is 0.630. The molecule has 5 aliphatic rings. The highest BCUT2D eigenvalue weighted by Gasteiger charge is 2.55. The summed E-state index contributed by atoms with van der Waals surface area (Å²) in [6, 6.07) is -1.90. The molecule has 7 rings (SSSR count). The summed E-state index contributed by atoms with van der Waals surface area (Å²) in [5.41, 5.74) is 6.58. The van der Waals surface area contributed by atoms with E-state index in [-0.39, 0.29) is 49.2 Å². The van der Waals surface area contributed by atoms with E-state index in [0.29, 0.717) is 55.5 Å². The summed E-state index contributed by atoms with van der Waals surface area (Å²) >= 11 is 0. The Morgan fingerprint density at radius 1 is 1.10 bits per heavy atom. The van der Waals surface area contributed by atoms with E-state index in [4.69, 9.17) is 20.6 Å². The number of fused-ring (bicyclic) bond motifs is 4. The van der Waals surface area contributed by atoms with E-state index in [1.807, 2.05) is 0 Å². The van der Waals surface area contributed by atoms with Crippen LogP contribution in [0.1, 0.15) is 62.8 Å². The number of nitrogens with two attached hydrogens (primary N) is 1. The molecule has 1 saturated carbocycles. The highest BCUT2D eigenvalue weighted by atomic mass is 19.4. The van der Waals surface area contributed by atoms with Gasteiger partial charge in [0.05, 0.1) is 54.4 Å². The van der Waals surface area contributed by atoms with E-state index in [0.717, 1.165) is 30.6 Å². The van der Waals surface area contributed by atoms with Crippen LogP contribution in [0.3, 0.4) is 0 Å². The fourth-order valence-corrected chi connectivity index (χ4v) is 7.38. The van der Waals surface area contributed by atoms with Gasteiger partial charge < -0.3 is 25.0 Å². The standard InChI is InChI=1S/C27H32F3N9O3/c28-27(29,30)18-4-3-9-37(18)24(32)42-14-19-35-21(31)20-22(36-19)39(23(40)26(20)7-1-2-8-26)17-10-33-25(34-11-17)38-15-5-6-16(38)13-41-12-15/h10-11,15-16,18,32H,1-9,12-14H2,(H2,31,35,36)/t15?,16?,18-/m1/s1. The summed E-state index contributed by atoms with van der Waals surface area (Å²) in [5, 5.41) is 8.15. The molecule has 2 aromatic heterocycles. The molecule has 3 N–H and O–H groups in total. The van der Waals surface area contributed by atoms with Crippen LogP contribution in [0.2, 0.25) is 0 Å². The van der Waals surface area contributed by atoms with Crippen LogP contribution in [0.4, 0.5) is 36.4 Å². The smallest absolute Gasteiger partial charge is 0.408 e. The number of halogens is 3. The van der Waals surface area contributed by atoms with E-state index in [9.17, 15) is 18.0 Å². The Hall–Kier alpha value is -3.75. The van der Waals surface area contributed by atoms with Crippen LogP contribution in [-0.2, 0) is 26.3 Å². The van der Waals surface area contributed by atoms with Crippen LogP contribution in [0.5, 0.6) is 0 Å². The van der Waals surface area contributed by atoms with Gasteiger partial charge >= 0.3 is 6.18 Å². The third kappa shape index (κ3) is 4.23. The number of hydrogen-bond donors (Lipinski definition) is 2. The van der Waals surface area contributed by atoms with Crippen molar-refractivity contribution in [3.05, 3.63) is 23.8 Å². The number of likely N-dealkylation sites (tertiary alicyclic amines) is 1. The van der Waals surface area contributed by atoms with Gasteiger partial charge in [-0.15, -0.1) is 0 Å². The molecule has 1 spiro atoms. The maximum absolute atomic E-state index is 14.1. The number of alkyl halides is 3. The van der Waals surface area contributed by atoms with Gasteiger partial charge in [-0.05, 0) is 38.5 Å². The van der Waals surface area contributed by atoms with Gasteiger partial charge in [-0.25, -0.2) is 19.9 Å². The number of carbonyl (C=O) groups excluding carboxylic acids is 1. The number of hydrogen-bond acceptors (Lipinski definition) is 10. The van der Waals surface area contributed by atoms with Crippen molar-refractivity contribution in [2.75, 3.05) is 35.3 Å². The quantitative estimate of drug-likeness (QED) is 0.404. The number of carbonyl (C=O) groups is 1. The van der Waals surface area contributed by atoms with Crippen LogP contribution >= 0.6 is 0 Å². The van der Waals surface area contributed by atoms with Gasteiger partial charge in [0.2, 0.25) is 11.9 Å². The van der Waals surface area contributed by atoms with E-state index >= 15 is 0 Å². The molecule has 224 valence electrons. The van der Waals surface area contributed by atoms with Crippen molar-refractivity contribution in [3.63, 3.8) is 0 Å². The van der Waals surface area contributed by atoms with E-state index in [1.54, 1.807) is 12.4 Å². The lowest BCUT2D eigenvalue weighted by Crippen LogP contribution is -2.46. The number of nitrogens with one attached hydrogen (secondary N) is 1. The first-order valence-corrected chi connectivity index (χ1v) is 14.4. The Morgan fingerprint density at radius 3 is 2.45 bits per heavy atom. The zero-order chi connectivity index (χ0) is 29.2. The maximum atomic E-state index is 14.1. The molecule has 12 nitrogen and oxygen atoms in total. The lowest BCUT2D eigenvalue weighted by Gasteiger charge is -2.34. The molecule has 3 atom stereocenters. The molecule has 15 heteroatoms. The van der Waals surface area contributed by atoms with Crippen LogP contribution in [0.25, 0.3) is 0 Å². The topological polar surface area (TPSA) is 147 Å². The molecule has 1 aliphatic carbocycles. The summed E-state index contributed by atoms with van der Waals surface area (Å²) < 4.78 is 51.3. The van der Waals surface area contributed by atoms with Crippen molar-refractivity contribution < 1.29 is 27.4 Å². The lowest BCUT2D eigenvalue weighted by atomic mass is 9.80. The zero-order valence-electron chi connectivity index (χ0n) is 22.9. The van der Waals surface area contributed by atoms with Crippen molar-refractivity contribution in [2.24, 2.45) is 0 Å². The molecule has 0 radical (unpaired) electrons. The minimum absolute atomic E-state index is 0.0639. The van der Waals surface area contributed by atoms with Crippen molar-refractivity contribution in [3.8, 4) is 0 Å². The first kappa shape index (κ1) is 27.1. The lowest BCUT2D eigenvalue weighted by molar-refractivity contribution is -0.169. The minimum Gasteiger partial charge on any atom is -0.457 e. The zero-order valence-corrected chi connectivity index (χ0v) is 22.9. The minimum atomic E-state index is -4.46. The van der Waals surface area contributed by atoms with Crippen molar-refractivity contribution in [1.82, 2.24) is 24.8 Å². The highest BCUT2D eigenvalue weighted by Crippen LogP contribution is 2.54. The predicted octanol–water partition coefficient (Wildman–Crippen LogP) is 3.18. The fourth-order valence-electron chi connectivity index (χ4n) is 7.38.